The molecule has 2 aromatic heterocycles. The van der Waals surface area contributed by atoms with E-state index in [1.165, 1.54) is 5.56 Å². The van der Waals surface area contributed by atoms with E-state index in [9.17, 15) is 19.2 Å². The number of unbranched alkanes of at least 4 members (excludes halogenated alkanes) is 2. The highest BCUT2D eigenvalue weighted by atomic mass is 16.6. The summed E-state index contributed by atoms with van der Waals surface area (Å²) < 4.78 is 41.0. The molecule has 0 bridgehead atoms. The SMILES string of the molecule is CCCCCNc1nc(N)cc2ccn(Cc3ccc(CN4CCN(C(=O)CCOCCOCCOCCOCCOCCOCCNC(=O)N5C(=O)C=CC5=O)CC4)cc3OC)c12. The van der Waals surface area contributed by atoms with Crippen molar-refractivity contribution in [1.82, 2.24) is 29.6 Å². The number of rotatable bonds is 31. The van der Waals surface area contributed by atoms with Crippen molar-refractivity contribution >= 4 is 46.3 Å². The van der Waals surface area contributed by atoms with Gasteiger partial charge in [-0.05, 0) is 30.2 Å². The van der Waals surface area contributed by atoms with Gasteiger partial charge in [0.25, 0.3) is 11.8 Å². The van der Waals surface area contributed by atoms with Gasteiger partial charge in [-0.15, -0.1) is 0 Å². The number of nitrogens with zero attached hydrogens (tertiary/aromatic N) is 5. The molecule has 4 heterocycles. The van der Waals surface area contributed by atoms with Crippen LogP contribution in [0.3, 0.4) is 0 Å². The molecule has 2 aliphatic heterocycles. The van der Waals surface area contributed by atoms with Crippen LogP contribution in [0.1, 0.15) is 43.7 Å². The minimum absolute atomic E-state index is 0.102. The van der Waals surface area contributed by atoms with Crippen LogP contribution < -0.4 is 21.1 Å². The average Bonchev–Trinajstić information content (AvgIpc) is 3.86. The van der Waals surface area contributed by atoms with Gasteiger partial charge >= 0.3 is 6.03 Å². The maximum atomic E-state index is 12.9. The quantitative estimate of drug-likeness (QED) is 0.0626. The van der Waals surface area contributed by atoms with Gasteiger partial charge in [0.15, 0.2) is 5.82 Å². The zero-order chi connectivity index (χ0) is 45.4. The van der Waals surface area contributed by atoms with E-state index in [1.54, 1.807) is 7.11 Å². The van der Waals surface area contributed by atoms with Gasteiger partial charge in [0, 0.05) is 75.1 Å². The van der Waals surface area contributed by atoms with Crippen molar-refractivity contribution in [2.24, 2.45) is 0 Å². The number of anilines is 2. The second-order valence-corrected chi connectivity index (χ2v) is 15.2. The fraction of sp³-hybridized carbons (Fsp3) is 0.578. The zero-order valence-corrected chi connectivity index (χ0v) is 37.4. The highest BCUT2D eigenvalue weighted by Crippen LogP contribution is 2.29. The minimum atomic E-state index is -0.774. The molecule has 2 aliphatic rings. The number of carbonyl (C=O) groups is 4. The number of carbonyl (C=O) groups excluding carboxylic acids is 4. The highest BCUT2D eigenvalue weighted by Gasteiger charge is 2.29. The summed E-state index contributed by atoms with van der Waals surface area (Å²) in [6, 6.07) is 9.64. The van der Waals surface area contributed by atoms with Crippen LogP contribution in [0, 0.1) is 0 Å². The molecule has 352 valence electrons. The third-order valence-electron chi connectivity index (χ3n) is 10.5. The Morgan fingerprint density at radius 2 is 1.34 bits per heavy atom. The van der Waals surface area contributed by atoms with E-state index in [4.69, 9.17) is 38.9 Å². The number of hydrogen-bond acceptors (Lipinski definition) is 15. The summed E-state index contributed by atoms with van der Waals surface area (Å²) in [5, 5.41) is 7.00. The molecule has 5 amide bonds. The van der Waals surface area contributed by atoms with Crippen LogP contribution in [0.15, 0.2) is 48.7 Å². The monoisotopic (exact) mass is 894 g/mol. The number of nitrogens with one attached hydrogen (secondary N) is 2. The number of pyridine rings is 1. The van der Waals surface area contributed by atoms with Crippen molar-refractivity contribution in [2.75, 3.05) is 137 Å². The van der Waals surface area contributed by atoms with Crippen molar-refractivity contribution in [2.45, 2.75) is 45.7 Å². The molecule has 1 saturated heterocycles. The number of aromatic nitrogens is 2. The molecule has 19 nitrogen and oxygen atoms in total. The van der Waals surface area contributed by atoms with Gasteiger partial charge in [-0.2, -0.15) is 4.90 Å². The average molecular weight is 895 g/mol. The molecule has 1 aromatic carbocycles. The first-order chi connectivity index (χ1) is 31.3. The van der Waals surface area contributed by atoms with Gasteiger partial charge in [0.2, 0.25) is 5.91 Å². The molecule has 1 fully saturated rings. The van der Waals surface area contributed by atoms with E-state index in [0.29, 0.717) is 109 Å². The van der Waals surface area contributed by atoms with Crippen molar-refractivity contribution in [3.05, 3.63) is 59.8 Å². The Kier molecular flexibility index (Phi) is 21.7. The lowest BCUT2D eigenvalue weighted by Gasteiger charge is -2.35. The standard InChI is InChI=1S/C45H66N8O11/c1-3-4-5-12-47-44-43-36(32-39(46)49-44)10-14-52(43)34-37-7-6-35(31-38(37)58-2)33-50-15-17-51(18-16-50)40(54)11-19-59-21-23-61-25-27-63-29-30-64-28-26-62-24-22-60-20-13-48-45(57)53-41(55)8-9-42(53)56/h6-10,14,31-32H,3-5,11-13,15-30,33-34H2,1-2H3,(H,48,57)(H3,46,47,49). The van der Waals surface area contributed by atoms with Crippen LogP contribution in [0.4, 0.5) is 16.4 Å². The number of fused-ring (bicyclic) bond motifs is 1. The summed E-state index contributed by atoms with van der Waals surface area (Å²) in [5.74, 6) is 0.928. The summed E-state index contributed by atoms with van der Waals surface area (Å²) >= 11 is 0. The van der Waals surface area contributed by atoms with E-state index < -0.39 is 17.8 Å². The maximum absolute atomic E-state index is 12.9. The lowest BCUT2D eigenvalue weighted by atomic mass is 10.1. The van der Waals surface area contributed by atoms with Crippen molar-refractivity contribution in [1.29, 1.82) is 0 Å². The topological polar surface area (TPSA) is 211 Å². The van der Waals surface area contributed by atoms with E-state index in [2.05, 4.69) is 62.5 Å². The smallest absolute Gasteiger partial charge is 0.331 e. The van der Waals surface area contributed by atoms with Gasteiger partial charge in [0.1, 0.15) is 11.6 Å². The first-order valence-corrected chi connectivity index (χ1v) is 22.2. The maximum Gasteiger partial charge on any atom is 0.331 e. The molecule has 3 aromatic rings. The molecular weight excluding hydrogens is 829 g/mol. The van der Waals surface area contributed by atoms with Crippen LogP contribution in [0.25, 0.3) is 10.9 Å². The number of nitrogens with two attached hydrogens (primary N) is 1. The van der Waals surface area contributed by atoms with Crippen LogP contribution >= 0.6 is 0 Å². The Morgan fingerprint density at radius 3 is 1.95 bits per heavy atom. The lowest BCUT2D eigenvalue weighted by molar-refractivity contribution is -0.135. The predicted octanol–water partition coefficient (Wildman–Crippen LogP) is 3.05. The van der Waals surface area contributed by atoms with E-state index in [0.717, 1.165) is 85.6 Å². The van der Waals surface area contributed by atoms with Crippen LogP contribution in [-0.4, -0.2) is 174 Å². The Labute approximate surface area is 375 Å². The summed E-state index contributed by atoms with van der Waals surface area (Å²) in [7, 11) is 1.71. The number of imide groups is 3. The summed E-state index contributed by atoms with van der Waals surface area (Å²) in [6.45, 7) is 12.1. The van der Waals surface area contributed by atoms with Gasteiger partial charge in [-0.25, -0.2) is 9.78 Å². The fourth-order valence-electron chi connectivity index (χ4n) is 7.13. The number of piperazine rings is 1. The minimum Gasteiger partial charge on any atom is -0.496 e. The lowest BCUT2D eigenvalue weighted by Crippen LogP contribution is -2.48. The highest BCUT2D eigenvalue weighted by molar-refractivity contribution is 6.22. The van der Waals surface area contributed by atoms with Crippen LogP contribution in [0.5, 0.6) is 5.75 Å². The number of nitrogen functional groups attached to an aromatic ring is 1. The second kappa shape index (κ2) is 27.9. The van der Waals surface area contributed by atoms with E-state index >= 15 is 0 Å². The van der Waals surface area contributed by atoms with Crippen LogP contribution in [0.2, 0.25) is 0 Å². The number of amides is 5. The second-order valence-electron chi connectivity index (χ2n) is 15.2. The van der Waals surface area contributed by atoms with Gasteiger partial charge < -0.3 is 59.0 Å². The molecule has 0 spiro atoms. The Balaban J connectivity index is 0.829. The van der Waals surface area contributed by atoms with E-state index in [-0.39, 0.29) is 19.1 Å². The Bertz CT molecular complexity index is 1930. The largest absolute Gasteiger partial charge is 0.496 e. The molecule has 0 radical (unpaired) electrons. The molecule has 4 N–H and O–H groups in total. The van der Waals surface area contributed by atoms with Gasteiger partial charge in [0.05, 0.1) is 105 Å². The molecule has 0 unspecified atom stereocenters. The number of methoxy groups -OCH3 is 1. The normalized spacial score (nSPS) is 14.3. The fourth-order valence-corrected chi connectivity index (χ4v) is 7.13. The van der Waals surface area contributed by atoms with Crippen molar-refractivity contribution < 1.29 is 52.3 Å². The molecule has 5 rings (SSSR count). The van der Waals surface area contributed by atoms with E-state index in [1.807, 2.05) is 11.0 Å². The molecular formula is C45H66N8O11. The number of benzene rings is 1. The Hall–Kier alpha value is -5.15. The van der Waals surface area contributed by atoms with Gasteiger partial charge in [-0.1, -0.05) is 31.9 Å². The summed E-state index contributed by atoms with van der Waals surface area (Å²) in [4.78, 5) is 57.0. The van der Waals surface area contributed by atoms with Gasteiger partial charge in [-0.3, -0.25) is 19.3 Å². The molecule has 0 aliphatic carbocycles. The molecule has 19 heteroatoms. The predicted molar refractivity (Wildman–Crippen MR) is 240 cm³/mol. The number of urea groups is 1. The molecule has 0 atom stereocenters. The molecule has 0 saturated carbocycles. The van der Waals surface area contributed by atoms with Crippen molar-refractivity contribution in [3.8, 4) is 5.75 Å². The van der Waals surface area contributed by atoms with Crippen LogP contribution in [-0.2, 0) is 55.9 Å². The third-order valence-corrected chi connectivity index (χ3v) is 10.5. The first-order valence-electron chi connectivity index (χ1n) is 22.2. The van der Waals surface area contributed by atoms with Crippen molar-refractivity contribution in [3.63, 3.8) is 0 Å². The molecule has 64 heavy (non-hydrogen) atoms. The number of ether oxygens (including phenoxy) is 7. The summed E-state index contributed by atoms with van der Waals surface area (Å²) in [6.07, 6.45) is 7.91. The first kappa shape index (κ1) is 49.9. The summed E-state index contributed by atoms with van der Waals surface area (Å²) in [5.41, 5.74) is 9.40. The Morgan fingerprint density at radius 1 is 0.734 bits per heavy atom. The third kappa shape index (κ3) is 16.4. The number of hydrogen-bond donors (Lipinski definition) is 3. The zero-order valence-electron chi connectivity index (χ0n) is 37.4.